The second kappa shape index (κ2) is 7.86. The highest BCUT2D eigenvalue weighted by Crippen LogP contribution is 2.22. The van der Waals surface area contributed by atoms with E-state index in [0.717, 1.165) is 5.92 Å². The van der Waals surface area contributed by atoms with E-state index in [-0.39, 0.29) is 5.41 Å². The molecule has 1 rings (SSSR count). The zero-order valence-electron chi connectivity index (χ0n) is 15.3. The largest absolute Gasteiger partial charge is 0.0628 e. The Morgan fingerprint density at radius 2 is 1.20 bits per heavy atom. The molecule has 0 heterocycles. The van der Waals surface area contributed by atoms with Crippen LogP contribution in [0.4, 0.5) is 0 Å². The van der Waals surface area contributed by atoms with Gasteiger partial charge in [0.05, 0.1) is 0 Å². The van der Waals surface area contributed by atoms with E-state index >= 15 is 0 Å². The predicted octanol–water partition coefficient (Wildman–Crippen LogP) is 6.63. The van der Waals surface area contributed by atoms with Crippen LogP contribution in [0.15, 0.2) is 24.3 Å². The van der Waals surface area contributed by atoms with Crippen LogP contribution in [0.25, 0.3) is 0 Å². The van der Waals surface area contributed by atoms with Crippen LogP contribution in [-0.4, -0.2) is 0 Å². The van der Waals surface area contributed by atoms with Crippen LogP contribution >= 0.6 is 0 Å². The maximum Gasteiger partial charge on any atom is -0.0132 e. The van der Waals surface area contributed by atoms with Gasteiger partial charge in [0.1, 0.15) is 0 Å². The summed E-state index contributed by atoms with van der Waals surface area (Å²) in [6.07, 6.45) is 2.50. The van der Waals surface area contributed by atoms with Gasteiger partial charge in [0.2, 0.25) is 0 Å². The second-order valence-corrected chi connectivity index (χ2v) is 8.88. The molecule has 0 nitrogen and oxygen atoms in total. The Bertz CT molecular complexity index is 349. The van der Waals surface area contributed by atoms with Gasteiger partial charge in [0, 0.05) is 0 Å². The quantitative estimate of drug-likeness (QED) is 0.581. The highest BCUT2D eigenvalue weighted by atomic mass is 14.2. The predicted molar refractivity (Wildman–Crippen MR) is 93.4 cm³/mol. The van der Waals surface area contributed by atoms with Crippen molar-refractivity contribution in [3.8, 4) is 0 Å². The summed E-state index contributed by atoms with van der Waals surface area (Å²) in [5, 5.41) is 0. The summed E-state index contributed by atoms with van der Waals surface area (Å²) in [5.41, 5.74) is 3.67. The molecule has 0 saturated heterocycles. The van der Waals surface area contributed by atoms with Gasteiger partial charge in [-0.3, -0.25) is 0 Å². The fourth-order valence-corrected chi connectivity index (χ4v) is 1.63. The monoisotopic (exact) mass is 276 g/mol. The van der Waals surface area contributed by atoms with Crippen molar-refractivity contribution in [3.05, 3.63) is 35.4 Å². The Hall–Kier alpha value is -0.780. The van der Waals surface area contributed by atoms with Crippen molar-refractivity contribution < 1.29 is 0 Å². The first-order chi connectivity index (χ1) is 8.89. The summed E-state index contributed by atoms with van der Waals surface area (Å²) in [6, 6.07) is 9.11. The van der Waals surface area contributed by atoms with Crippen molar-refractivity contribution >= 4 is 0 Å². The van der Waals surface area contributed by atoms with Crippen molar-refractivity contribution in [2.24, 2.45) is 11.3 Å². The first-order valence-electron chi connectivity index (χ1n) is 7.99. The van der Waals surface area contributed by atoms with Gasteiger partial charge < -0.3 is 0 Å². The fraction of sp³-hybridized carbons (Fsp3) is 0.700. The molecule has 0 saturated carbocycles. The first kappa shape index (κ1) is 19.2. The summed E-state index contributed by atoms with van der Waals surface area (Å²) < 4.78 is 0. The molecule has 0 aliphatic rings. The Labute approximate surface area is 128 Å². The lowest BCUT2D eigenvalue weighted by atomic mass is 9.86. The molecule has 116 valence electrons. The van der Waals surface area contributed by atoms with Gasteiger partial charge in [-0.25, -0.2) is 0 Å². The lowest BCUT2D eigenvalue weighted by molar-refractivity contribution is 0.469. The van der Waals surface area contributed by atoms with Gasteiger partial charge in [-0.15, -0.1) is 0 Å². The van der Waals surface area contributed by atoms with E-state index in [1.807, 2.05) is 0 Å². The minimum Gasteiger partial charge on any atom is -0.0628 e. The molecule has 0 N–H and O–H groups in total. The maximum absolute atomic E-state index is 2.28. The lowest BCUT2D eigenvalue weighted by Crippen LogP contribution is -2.10. The summed E-state index contributed by atoms with van der Waals surface area (Å²) >= 11 is 0. The number of aryl methyl sites for hydroxylation is 1. The van der Waals surface area contributed by atoms with Crippen LogP contribution in [0.1, 0.15) is 79.9 Å². The minimum atomic E-state index is 0.274. The van der Waals surface area contributed by atoms with Gasteiger partial charge in [-0.05, 0) is 40.7 Å². The molecule has 0 unspecified atom stereocenters. The molecule has 0 spiro atoms. The normalized spacial score (nSPS) is 12.1. The average Bonchev–Trinajstić information content (AvgIpc) is 2.23. The van der Waals surface area contributed by atoms with E-state index in [4.69, 9.17) is 0 Å². The van der Waals surface area contributed by atoms with E-state index in [1.165, 1.54) is 24.0 Å². The molecule has 0 bridgehead atoms. The summed E-state index contributed by atoms with van der Waals surface area (Å²) in [5.74, 6) is 0.798. The maximum atomic E-state index is 2.28. The van der Waals surface area contributed by atoms with E-state index < -0.39 is 0 Å². The standard InChI is InChI=1S/C15H24.C5H12/c1-12(2)6-7-13-8-10-14(11-9-13)15(3,4)5;1-5(2,3)4/h8-12H,6-7H2,1-5H3;1-4H3. The molecule has 0 fully saturated rings. The number of hydrogen-bond acceptors (Lipinski definition) is 0. The first-order valence-corrected chi connectivity index (χ1v) is 7.99. The Morgan fingerprint density at radius 3 is 1.50 bits per heavy atom. The molecule has 0 atom stereocenters. The highest BCUT2D eigenvalue weighted by molar-refractivity contribution is 5.27. The Kier molecular flexibility index (Phi) is 7.55. The zero-order valence-corrected chi connectivity index (χ0v) is 15.3. The van der Waals surface area contributed by atoms with Crippen molar-refractivity contribution in [2.75, 3.05) is 0 Å². The molecular formula is C20H36. The molecule has 0 radical (unpaired) electrons. The average molecular weight is 277 g/mol. The summed E-state index contributed by atoms with van der Waals surface area (Å²) in [6.45, 7) is 20.1. The molecule has 0 aliphatic heterocycles. The molecule has 0 amide bonds. The Morgan fingerprint density at radius 1 is 0.800 bits per heavy atom. The van der Waals surface area contributed by atoms with Crippen molar-refractivity contribution in [1.29, 1.82) is 0 Å². The summed E-state index contributed by atoms with van der Waals surface area (Å²) in [4.78, 5) is 0. The molecule has 0 aromatic heterocycles. The van der Waals surface area contributed by atoms with Crippen LogP contribution in [0, 0.1) is 11.3 Å². The zero-order chi connectivity index (χ0) is 16.0. The van der Waals surface area contributed by atoms with E-state index in [0.29, 0.717) is 5.41 Å². The van der Waals surface area contributed by atoms with Crippen molar-refractivity contribution in [2.45, 2.75) is 80.6 Å². The third-order valence-corrected chi connectivity index (χ3v) is 2.83. The molecular weight excluding hydrogens is 240 g/mol. The smallest absolute Gasteiger partial charge is 0.0132 e. The van der Waals surface area contributed by atoms with E-state index in [1.54, 1.807) is 0 Å². The SMILES string of the molecule is CC(C)(C)C.CC(C)CCc1ccc(C(C)(C)C)cc1. The minimum absolute atomic E-state index is 0.274. The van der Waals surface area contributed by atoms with E-state index in [2.05, 4.69) is 86.6 Å². The van der Waals surface area contributed by atoms with Crippen LogP contribution in [0.2, 0.25) is 0 Å². The van der Waals surface area contributed by atoms with Gasteiger partial charge in [-0.1, -0.05) is 86.6 Å². The van der Waals surface area contributed by atoms with Crippen LogP contribution < -0.4 is 0 Å². The molecule has 0 aliphatic carbocycles. The summed E-state index contributed by atoms with van der Waals surface area (Å²) in [7, 11) is 0. The number of hydrogen-bond donors (Lipinski definition) is 0. The Balaban J connectivity index is 0.000000621. The van der Waals surface area contributed by atoms with Crippen molar-refractivity contribution in [1.82, 2.24) is 0 Å². The van der Waals surface area contributed by atoms with Crippen molar-refractivity contribution in [3.63, 3.8) is 0 Å². The van der Waals surface area contributed by atoms with Crippen LogP contribution in [0.3, 0.4) is 0 Å². The van der Waals surface area contributed by atoms with Gasteiger partial charge in [-0.2, -0.15) is 0 Å². The second-order valence-electron chi connectivity index (χ2n) is 8.88. The number of rotatable bonds is 3. The topological polar surface area (TPSA) is 0 Å². The van der Waals surface area contributed by atoms with Crippen LogP contribution in [0.5, 0.6) is 0 Å². The third kappa shape index (κ3) is 11.1. The van der Waals surface area contributed by atoms with E-state index in [9.17, 15) is 0 Å². The van der Waals surface area contributed by atoms with Gasteiger partial charge in [0.25, 0.3) is 0 Å². The number of benzene rings is 1. The fourth-order valence-electron chi connectivity index (χ4n) is 1.63. The van der Waals surface area contributed by atoms with Crippen LogP contribution in [-0.2, 0) is 11.8 Å². The molecule has 0 heteroatoms. The van der Waals surface area contributed by atoms with Gasteiger partial charge >= 0.3 is 0 Å². The third-order valence-electron chi connectivity index (χ3n) is 2.83. The molecule has 1 aromatic carbocycles. The molecule has 20 heavy (non-hydrogen) atoms. The lowest BCUT2D eigenvalue weighted by Gasteiger charge is -2.19. The van der Waals surface area contributed by atoms with Gasteiger partial charge in [0.15, 0.2) is 0 Å². The molecule has 1 aromatic rings. The highest BCUT2D eigenvalue weighted by Gasteiger charge is 2.12.